The zero-order valence-corrected chi connectivity index (χ0v) is 9.22. The van der Waals surface area contributed by atoms with Gasteiger partial charge < -0.3 is 4.98 Å². The predicted molar refractivity (Wildman–Crippen MR) is 60.0 cm³/mol. The van der Waals surface area contributed by atoms with Crippen LogP contribution in [-0.2, 0) is 12.8 Å². The van der Waals surface area contributed by atoms with Crippen LogP contribution < -0.4 is 0 Å². The largest absolute Gasteiger partial charge is 0.343 e. The molecule has 0 spiro atoms. The van der Waals surface area contributed by atoms with E-state index in [2.05, 4.69) is 21.9 Å². The van der Waals surface area contributed by atoms with Crippen molar-refractivity contribution in [1.82, 2.24) is 15.0 Å². The Morgan fingerprint density at radius 3 is 2.73 bits per heavy atom. The fourth-order valence-electron chi connectivity index (χ4n) is 2.63. The molecule has 1 aliphatic carbocycles. The molecule has 3 rings (SSSR count). The maximum Gasteiger partial charge on any atom is 0.141 e. The minimum Gasteiger partial charge on any atom is -0.343 e. The van der Waals surface area contributed by atoms with Crippen molar-refractivity contribution in [3.8, 4) is 0 Å². The Bertz CT molecular complexity index is 525. The molecule has 0 saturated carbocycles. The van der Waals surface area contributed by atoms with Gasteiger partial charge in [0.15, 0.2) is 0 Å². The van der Waals surface area contributed by atoms with E-state index in [0.29, 0.717) is 0 Å². The molecule has 78 valence electrons. The SMILES string of the molecule is Cc1nc(C)c2c3c([nH]c2n1)CCCC3. The molecule has 0 aliphatic heterocycles. The number of aromatic nitrogens is 3. The summed E-state index contributed by atoms with van der Waals surface area (Å²) in [5.74, 6) is 0.860. The van der Waals surface area contributed by atoms with Gasteiger partial charge in [-0.2, -0.15) is 0 Å². The summed E-state index contributed by atoms with van der Waals surface area (Å²) in [7, 11) is 0. The van der Waals surface area contributed by atoms with Crippen molar-refractivity contribution in [3.05, 3.63) is 22.8 Å². The molecule has 0 bridgehead atoms. The maximum atomic E-state index is 4.47. The van der Waals surface area contributed by atoms with E-state index in [1.807, 2.05) is 6.92 Å². The zero-order valence-electron chi connectivity index (χ0n) is 9.22. The van der Waals surface area contributed by atoms with E-state index < -0.39 is 0 Å². The summed E-state index contributed by atoms with van der Waals surface area (Å²) in [4.78, 5) is 12.4. The minimum atomic E-state index is 0.860. The number of aryl methyl sites for hydroxylation is 4. The fourth-order valence-corrected chi connectivity index (χ4v) is 2.63. The third-order valence-corrected chi connectivity index (χ3v) is 3.24. The summed E-state index contributed by atoms with van der Waals surface area (Å²) < 4.78 is 0. The van der Waals surface area contributed by atoms with Gasteiger partial charge in [0.05, 0.1) is 5.69 Å². The number of hydrogen-bond donors (Lipinski definition) is 1. The molecule has 0 saturated heterocycles. The Morgan fingerprint density at radius 2 is 1.87 bits per heavy atom. The second kappa shape index (κ2) is 3.05. The molecule has 0 radical (unpaired) electrons. The van der Waals surface area contributed by atoms with Crippen molar-refractivity contribution in [3.63, 3.8) is 0 Å². The third-order valence-electron chi connectivity index (χ3n) is 3.24. The number of rotatable bonds is 0. The molecule has 1 aliphatic rings. The summed E-state index contributed by atoms with van der Waals surface area (Å²) >= 11 is 0. The van der Waals surface area contributed by atoms with Crippen LogP contribution in [-0.4, -0.2) is 15.0 Å². The van der Waals surface area contributed by atoms with Gasteiger partial charge in [0, 0.05) is 11.1 Å². The standard InChI is InChI=1S/C12H15N3/c1-7-11-9-5-3-4-6-10(9)15-12(11)14-8(2)13-7/h3-6H2,1-2H3,(H,13,14,15). The molecule has 2 aromatic rings. The van der Waals surface area contributed by atoms with Crippen LogP contribution in [0.1, 0.15) is 35.6 Å². The van der Waals surface area contributed by atoms with Gasteiger partial charge in [-0.05, 0) is 45.1 Å². The highest BCUT2D eigenvalue weighted by atomic mass is 15.0. The lowest BCUT2D eigenvalue weighted by atomic mass is 9.95. The van der Waals surface area contributed by atoms with E-state index >= 15 is 0 Å². The number of H-pyrrole nitrogens is 1. The average molecular weight is 201 g/mol. The Kier molecular flexibility index (Phi) is 1.81. The van der Waals surface area contributed by atoms with E-state index in [4.69, 9.17) is 0 Å². The normalized spacial score (nSPS) is 15.6. The van der Waals surface area contributed by atoms with Crippen LogP contribution in [0.5, 0.6) is 0 Å². The Hall–Kier alpha value is -1.38. The van der Waals surface area contributed by atoms with Gasteiger partial charge in [0.2, 0.25) is 0 Å². The zero-order chi connectivity index (χ0) is 10.4. The van der Waals surface area contributed by atoms with Gasteiger partial charge in [-0.25, -0.2) is 9.97 Å². The number of aromatic amines is 1. The second-order valence-corrected chi connectivity index (χ2v) is 4.37. The molecule has 2 aromatic heterocycles. The van der Waals surface area contributed by atoms with Crippen molar-refractivity contribution in [2.75, 3.05) is 0 Å². The number of nitrogens with zero attached hydrogens (tertiary/aromatic N) is 2. The Morgan fingerprint density at radius 1 is 1.07 bits per heavy atom. The molecule has 0 unspecified atom stereocenters. The molecule has 15 heavy (non-hydrogen) atoms. The van der Waals surface area contributed by atoms with Crippen LogP contribution >= 0.6 is 0 Å². The van der Waals surface area contributed by atoms with Gasteiger partial charge in [0.25, 0.3) is 0 Å². The molecule has 3 heteroatoms. The van der Waals surface area contributed by atoms with Crippen LogP contribution in [0.3, 0.4) is 0 Å². The first-order valence-corrected chi connectivity index (χ1v) is 5.60. The third kappa shape index (κ3) is 1.26. The molecule has 0 aromatic carbocycles. The van der Waals surface area contributed by atoms with E-state index in [1.165, 1.54) is 42.3 Å². The lowest BCUT2D eigenvalue weighted by Crippen LogP contribution is -2.00. The van der Waals surface area contributed by atoms with E-state index in [-0.39, 0.29) is 0 Å². The first-order valence-electron chi connectivity index (χ1n) is 5.60. The summed E-state index contributed by atoms with van der Waals surface area (Å²) in [5, 5.41) is 1.27. The smallest absolute Gasteiger partial charge is 0.141 e. The Balaban J connectivity index is 2.37. The van der Waals surface area contributed by atoms with Crippen molar-refractivity contribution in [1.29, 1.82) is 0 Å². The lowest BCUT2D eigenvalue weighted by molar-refractivity contribution is 0.679. The van der Waals surface area contributed by atoms with Gasteiger partial charge in [-0.3, -0.25) is 0 Å². The fraction of sp³-hybridized carbons (Fsp3) is 0.500. The number of fused-ring (bicyclic) bond motifs is 3. The van der Waals surface area contributed by atoms with Gasteiger partial charge in [0.1, 0.15) is 11.5 Å². The molecule has 3 nitrogen and oxygen atoms in total. The first-order chi connectivity index (χ1) is 7.25. The van der Waals surface area contributed by atoms with Gasteiger partial charge in [-0.1, -0.05) is 0 Å². The number of nitrogens with one attached hydrogen (secondary N) is 1. The molecular formula is C12H15N3. The Labute approximate surface area is 88.9 Å². The first kappa shape index (κ1) is 8.89. The molecule has 1 N–H and O–H groups in total. The van der Waals surface area contributed by atoms with Crippen LogP contribution in [0, 0.1) is 13.8 Å². The van der Waals surface area contributed by atoms with Crippen molar-refractivity contribution in [2.45, 2.75) is 39.5 Å². The van der Waals surface area contributed by atoms with Crippen LogP contribution in [0.15, 0.2) is 0 Å². The number of hydrogen-bond acceptors (Lipinski definition) is 2. The quantitative estimate of drug-likeness (QED) is 0.711. The van der Waals surface area contributed by atoms with Crippen molar-refractivity contribution >= 4 is 11.0 Å². The summed E-state index contributed by atoms with van der Waals surface area (Å²) in [6.07, 6.45) is 4.95. The minimum absolute atomic E-state index is 0.860. The lowest BCUT2D eigenvalue weighted by Gasteiger charge is -2.10. The summed E-state index contributed by atoms with van der Waals surface area (Å²) in [6, 6.07) is 0. The highest BCUT2D eigenvalue weighted by Crippen LogP contribution is 2.29. The summed E-state index contributed by atoms with van der Waals surface area (Å²) in [6.45, 7) is 4.03. The van der Waals surface area contributed by atoms with Gasteiger partial charge >= 0.3 is 0 Å². The van der Waals surface area contributed by atoms with Crippen LogP contribution in [0.4, 0.5) is 0 Å². The highest BCUT2D eigenvalue weighted by molar-refractivity contribution is 5.83. The van der Waals surface area contributed by atoms with E-state index in [9.17, 15) is 0 Å². The monoisotopic (exact) mass is 201 g/mol. The highest BCUT2D eigenvalue weighted by Gasteiger charge is 2.17. The van der Waals surface area contributed by atoms with Gasteiger partial charge in [-0.15, -0.1) is 0 Å². The topological polar surface area (TPSA) is 41.6 Å². The predicted octanol–water partition coefficient (Wildman–Crippen LogP) is 2.45. The average Bonchev–Trinajstić information content (AvgIpc) is 2.54. The van der Waals surface area contributed by atoms with E-state index in [1.54, 1.807) is 0 Å². The van der Waals surface area contributed by atoms with Crippen molar-refractivity contribution < 1.29 is 0 Å². The van der Waals surface area contributed by atoms with Crippen LogP contribution in [0.2, 0.25) is 0 Å². The second-order valence-electron chi connectivity index (χ2n) is 4.37. The molecule has 0 atom stereocenters. The maximum absolute atomic E-state index is 4.47. The van der Waals surface area contributed by atoms with E-state index in [0.717, 1.165) is 17.2 Å². The molecule has 0 amide bonds. The van der Waals surface area contributed by atoms with Crippen LogP contribution in [0.25, 0.3) is 11.0 Å². The molecule has 2 heterocycles. The van der Waals surface area contributed by atoms with Crippen molar-refractivity contribution in [2.24, 2.45) is 0 Å². The summed E-state index contributed by atoms with van der Waals surface area (Å²) in [5.41, 5.74) is 5.01. The molecular weight excluding hydrogens is 186 g/mol. The molecule has 0 fully saturated rings.